The molecule has 14 heavy (non-hydrogen) atoms. The van der Waals surface area contributed by atoms with Crippen molar-refractivity contribution in [1.82, 2.24) is 9.97 Å². The summed E-state index contributed by atoms with van der Waals surface area (Å²) in [5, 5.41) is 0. The minimum absolute atomic E-state index is 0.0956. The van der Waals surface area contributed by atoms with Crippen LogP contribution in [0.4, 0.5) is 0 Å². The van der Waals surface area contributed by atoms with E-state index >= 15 is 0 Å². The van der Waals surface area contributed by atoms with Gasteiger partial charge >= 0.3 is 0 Å². The number of H-pyrrole nitrogens is 1. The number of nitrogens with zero attached hydrogens (tertiary/aromatic N) is 1. The Kier molecular flexibility index (Phi) is 2.14. The van der Waals surface area contributed by atoms with E-state index in [2.05, 4.69) is 30.7 Å². The Balaban J connectivity index is 2.37. The largest absolute Gasteiger partial charge is 0.344 e. The lowest BCUT2D eigenvalue weighted by molar-refractivity contribution is 0.563. The Labute approximate surface area is 85.1 Å². The zero-order chi connectivity index (χ0) is 10.3. The number of hydrogen-bond donors (Lipinski definition) is 2. The van der Waals surface area contributed by atoms with Crippen molar-refractivity contribution in [3.05, 3.63) is 17.2 Å². The Morgan fingerprint density at radius 1 is 1.43 bits per heavy atom. The van der Waals surface area contributed by atoms with Crippen molar-refractivity contribution in [1.29, 1.82) is 0 Å². The van der Waals surface area contributed by atoms with E-state index in [9.17, 15) is 0 Å². The highest BCUT2D eigenvalue weighted by molar-refractivity contribution is 5.24. The summed E-state index contributed by atoms with van der Waals surface area (Å²) >= 11 is 0. The van der Waals surface area contributed by atoms with Crippen LogP contribution in [0.2, 0.25) is 0 Å². The third kappa shape index (κ3) is 1.69. The predicted molar refractivity (Wildman–Crippen MR) is 57.2 cm³/mol. The van der Waals surface area contributed by atoms with E-state index in [1.807, 2.05) is 0 Å². The molecule has 1 aliphatic carbocycles. The van der Waals surface area contributed by atoms with E-state index < -0.39 is 0 Å². The molecule has 1 aromatic rings. The highest BCUT2D eigenvalue weighted by Crippen LogP contribution is 2.39. The van der Waals surface area contributed by atoms with Crippen LogP contribution in [0, 0.1) is 0 Å². The summed E-state index contributed by atoms with van der Waals surface area (Å²) < 4.78 is 0. The minimum atomic E-state index is 0.0956. The van der Waals surface area contributed by atoms with Crippen LogP contribution >= 0.6 is 0 Å². The van der Waals surface area contributed by atoms with Crippen molar-refractivity contribution < 1.29 is 0 Å². The summed E-state index contributed by atoms with van der Waals surface area (Å²) in [7, 11) is 0. The molecule has 0 spiro atoms. The maximum absolute atomic E-state index is 5.71. The summed E-state index contributed by atoms with van der Waals surface area (Å²) in [6.45, 7) is 7.10. The van der Waals surface area contributed by atoms with Gasteiger partial charge in [-0.1, -0.05) is 20.8 Å². The molecular weight excluding hydrogens is 174 g/mol. The minimum Gasteiger partial charge on any atom is -0.344 e. The lowest BCUT2D eigenvalue weighted by Gasteiger charge is -2.16. The molecule has 1 fully saturated rings. The van der Waals surface area contributed by atoms with E-state index in [0.717, 1.165) is 17.2 Å². The average molecular weight is 193 g/mol. The van der Waals surface area contributed by atoms with E-state index in [1.165, 1.54) is 12.8 Å². The standard InChI is InChI=1S/C11H19N3/c1-11(2,3)9-8(6-12)13-10(14-9)7-4-5-7/h7H,4-6,12H2,1-3H3,(H,13,14). The van der Waals surface area contributed by atoms with Crippen molar-refractivity contribution in [3.8, 4) is 0 Å². The Hall–Kier alpha value is -0.830. The second-order valence-corrected chi connectivity index (χ2v) is 5.18. The smallest absolute Gasteiger partial charge is 0.109 e. The van der Waals surface area contributed by atoms with E-state index in [-0.39, 0.29) is 5.41 Å². The molecule has 3 N–H and O–H groups in total. The molecule has 1 aliphatic rings. The van der Waals surface area contributed by atoms with Crippen molar-refractivity contribution in [2.45, 2.75) is 51.5 Å². The molecule has 78 valence electrons. The number of aromatic nitrogens is 2. The van der Waals surface area contributed by atoms with Crippen LogP contribution in [0.15, 0.2) is 0 Å². The van der Waals surface area contributed by atoms with Crippen molar-refractivity contribution >= 4 is 0 Å². The SMILES string of the molecule is CC(C)(C)c1nc(C2CC2)[nH]c1CN. The molecule has 1 saturated carbocycles. The van der Waals surface area contributed by atoms with Crippen LogP contribution in [0.3, 0.4) is 0 Å². The number of nitrogens with two attached hydrogens (primary N) is 1. The first kappa shape index (κ1) is 9.71. The van der Waals surface area contributed by atoms with Crippen LogP contribution in [0.5, 0.6) is 0 Å². The molecule has 0 saturated heterocycles. The third-order valence-electron chi connectivity index (χ3n) is 2.68. The average Bonchev–Trinajstić information content (AvgIpc) is 2.83. The Morgan fingerprint density at radius 2 is 2.07 bits per heavy atom. The molecule has 0 atom stereocenters. The van der Waals surface area contributed by atoms with Gasteiger partial charge in [-0.3, -0.25) is 0 Å². The van der Waals surface area contributed by atoms with E-state index in [4.69, 9.17) is 5.73 Å². The molecule has 3 heteroatoms. The van der Waals surface area contributed by atoms with Crippen LogP contribution in [0.25, 0.3) is 0 Å². The number of nitrogens with one attached hydrogen (secondary N) is 1. The van der Waals surface area contributed by atoms with Gasteiger partial charge in [0.25, 0.3) is 0 Å². The molecule has 0 radical (unpaired) electrons. The van der Waals surface area contributed by atoms with Gasteiger partial charge in [0.1, 0.15) is 5.82 Å². The topological polar surface area (TPSA) is 54.7 Å². The maximum atomic E-state index is 5.71. The monoisotopic (exact) mass is 193 g/mol. The third-order valence-corrected chi connectivity index (χ3v) is 2.68. The lowest BCUT2D eigenvalue weighted by atomic mass is 9.91. The van der Waals surface area contributed by atoms with Gasteiger partial charge in [-0.2, -0.15) is 0 Å². The van der Waals surface area contributed by atoms with Crippen molar-refractivity contribution in [2.75, 3.05) is 0 Å². The fourth-order valence-electron chi connectivity index (χ4n) is 1.75. The molecule has 3 nitrogen and oxygen atoms in total. The number of rotatable bonds is 2. The van der Waals surface area contributed by atoms with Crippen molar-refractivity contribution in [2.24, 2.45) is 5.73 Å². The van der Waals surface area contributed by atoms with Gasteiger partial charge < -0.3 is 10.7 Å². The predicted octanol–water partition coefficient (Wildman–Crippen LogP) is 2.04. The Bertz CT molecular complexity index is 329. The normalized spacial score (nSPS) is 17.4. The fourth-order valence-corrected chi connectivity index (χ4v) is 1.75. The first-order valence-electron chi connectivity index (χ1n) is 5.31. The second kappa shape index (κ2) is 3.09. The van der Waals surface area contributed by atoms with Gasteiger partial charge in [0.05, 0.1) is 11.4 Å². The molecule has 1 heterocycles. The summed E-state index contributed by atoms with van der Waals surface area (Å²) in [6, 6.07) is 0. The fraction of sp³-hybridized carbons (Fsp3) is 0.727. The molecular formula is C11H19N3. The van der Waals surface area contributed by atoms with Gasteiger partial charge in [0.2, 0.25) is 0 Å². The lowest BCUT2D eigenvalue weighted by Crippen LogP contribution is -2.16. The highest BCUT2D eigenvalue weighted by atomic mass is 15.0. The number of hydrogen-bond acceptors (Lipinski definition) is 2. The first-order chi connectivity index (χ1) is 6.52. The van der Waals surface area contributed by atoms with Gasteiger partial charge in [0.15, 0.2) is 0 Å². The first-order valence-corrected chi connectivity index (χ1v) is 5.31. The molecule has 2 rings (SSSR count). The summed E-state index contributed by atoms with van der Waals surface area (Å²) in [4.78, 5) is 8.04. The zero-order valence-electron chi connectivity index (χ0n) is 9.22. The summed E-state index contributed by atoms with van der Waals surface area (Å²) in [5.41, 5.74) is 8.06. The van der Waals surface area contributed by atoms with Crippen molar-refractivity contribution in [3.63, 3.8) is 0 Å². The van der Waals surface area contributed by atoms with Crippen LogP contribution in [-0.4, -0.2) is 9.97 Å². The van der Waals surface area contributed by atoms with Gasteiger partial charge in [-0.05, 0) is 12.8 Å². The summed E-state index contributed by atoms with van der Waals surface area (Å²) in [6.07, 6.45) is 2.56. The van der Waals surface area contributed by atoms with E-state index in [1.54, 1.807) is 0 Å². The van der Waals surface area contributed by atoms with Crippen LogP contribution < -0.4 is 5.73 Å². The second-order valence-electron chi connectivity index (χ2n) is 5.18. The van der Waals surface area contributed by atoms with E-state index in [0.29, 0.717) is 12.5 Å². The number of imidazole rings is 1. The van der Waals surface area contributed by atoms with Crippen LogP contribution in [0.1, 0.15) is 56.7 Å². The highest BCUT2D eigenvalue weighted by Gasteiger charge is 2.30. The maximum Gasteiger partial charge on any atom is 0.109 e. The zero-order valence-corrected chi connectivity index (χ0v) is 9.22. The Morgan fingerprint density at radius 3 is 2.43 bits per heavy atom. The molecule has 1 aromatic heterocycles. The molecule has 0 unspecified atom stereocenters. The summed E-state index contributed by atoms with van der Waals surface area (Å²) in [5.74, 6) is 1.83. The molecule has 0 amide bonds. The number of aromatic amines is 1. The van der Waals surface area contributed by atoms with Gasteiger partial charge in [-0.25, -0.2) is 4.98 Å². The quantitative estimate of drug-likeness (QED) is 0.755. The van der Waals surface area contributed by atoms with Crippen LogP contribution in [-0.2, 0) is 12.0 Å². The van der Waals surface area contributed by atoms with Gasteiger partial charge in [-0.15, -0.1) is 0 Å². The molecule has 0 bridgehead atoms. The van der Waals surface area contributed by atoms with Gasteiger partial charge in [0, 0.05) is 17.9 Å². The molecule has 0 aliphatic heterocycles. The molecule has 0 aromatic carbocycles.